The summed E-state index contributed by atoms with van der Waals surface area (Å²) < 4.78 is 11.0. The summed E-state index contributed by atoms with van der Waals surface area (Å²) in [6, 6.07) is 14.2. The zero-order valence-corrected chi connectivity index (χ0v) is 13.7. The average molecular weight is 322 g/mol. The van der Waals surface area contributed by atoms with Gasteiger partial charge in [0.1, 0.15) is 11.3 Å². The van der Waals surface area contributed by atoms with E-state index in [1.807, 2.05) is 44.2 Å². The molecule has 0 radical (unpaired) electrons. The Morgan fingerprint density at radius 1 is 1.12 bits per heavy atom. The van der Waals surface area contributed by atoms with Crippen LogP contribution in [0.5, 0.6) is 5.75 Å². The van der Waals surface area contributed by atoms with Crippen molar-refractivity contribution in [1.29, 1.82) is 0 Å². The third kappa shape index (κ3) is 3.23. The summed E-state index contributed by atoms with van der Waals surface area (Å²) in [6.45, 7) is 3.81. The van der Waals surface area contributed by atoms with Crippen molar-refractivity contribution in [2.24, 2.45) is 0 Å². The summed E-state index contributed by atoms with van der Waals surface area (Å²) in [5, 5.41) is 0.814. The van der Waals surface area contributed by atoms with Gasteiger partial charge in [0.25, 0.3) is 0 Å². The van der Waals surface area contributed by atoms with Gasteiger partial charge in [0.15, 0.2) is 12.4 Å². The van der Waals surface area contributed by atoms with Crippen LogP contribution in [-0.4, -0.2) is 12.4 Å². The molecule has 0 amide bonds. The minimum Gasteiger partial charge on any atom is -0.485 e. The van der Waals surface area contributed by atoms with Crippen LogP contribution in [0.2, 0.25) is 0 Å². The van der Waals surface area contributed by atoms with Crippen LogP contribution in [0.3, 0.4) is 0 Å². The van der Waals surface area contributed by atoms with Crippen LogP contribution in [-0.2, 0) is 6.42 Å². The molecule has 3 rings (SSSR count). The molecule has 0 aliphatic carbocycles. The standard InChI is InChI=1S/C20H18O4/c1-3-14-10-19-16(13(2)9-20(22)24-19)11-18(14)23-12-17(21)15-7-5-4-6-8-15/h4-11H,3,12H2,1-2H3. The molecule has 0 atom stereocenters. The molecule has 3 aromatic rings. The molecule has 0 saturated carbocycles. The molecule has 4 heteroatoms. The molecular formula is C20H18O4. The third-order valence-corrected chi connectivity index (χ3v) is 3.97. The second-order valence-corrected chi connectivity index (χ2v) is 5.64. The SMILES string of the molecule is CCc1cc2oc(=O)cc(C)c2cc1OCC(=O)c1ccccc1. The van der Waals surface area contributed by atoms with Gasteiger partial charge in [-0.2, -0.15) is 0 Å². The second-order valence-electron chi connectivity index (χ2n) is 5.64. The molecule has 0 aliphatic heterocycles. The maximum Gasteiger partial charge on any atom is 0.336 e. The Bertz CT molecular complexity index is 939. The van der Waals surface area contributed by atoms with E-state index in [1.165, 1.54) is 6.07 Å². The molecule has 0 fully saturated rings. The van der Waals surface area contributed by atoms with Crippen molar-refractivity contribution in [3.8, 4) is 5.75 Å². The van der Waals surface area contributed by atoms with Gasteiger partial charge in [-0.15, -0.1) is 0 Å². The summed E-state index contributed by atoms with van der Waals surface area (Å²) in [7, 11) is 0. The number of hydrogen-bond acceptors (Lipinski definition) is 4. The Hall–Kier alpha value is -2.88. The van der Waals surface area contributed by atoms with E-state index in [4.69, 9.17) is 9.15 Å². The van der Waals surface area contributed by atoms with E-state index in [0.29, 0.717) is 23.3 Å². The highest BCUT2D eigenvalue weighted by Gasteiger charge is 2.12. The Kier molecular flexibility index (Phi) is 4.47. The minimum atomic E-state index is -0.366. The van der Waals surface area contributed by atoms with E-state index in [9.17, 15) is 9.59 Å². The number of ether oxygens (including phenoxy) is 1. The van der Waals surface area contributed by atoms with Gasteiger partial charge < -0.3 is 9.15 Å². The van der Waals surface area contributed by atoms with E-state index < -0.39 is 0 Å². The molecule has 122 valence electrons. The fraction of sp³-hybridized carbons (Fsp3) is 0.200. The number of ketones is 1. The minimum absolute atomic E-state index is 0.0294. The quantitative estimate of drug-likeness (QED) is 0.527. The first-order chi connectivity index (χ1) is 11.6. The van der Waals surface area contributed by atoms with E-state index >= 15 is 0 Å². The molecule has 24 heavy (non-hydrogen) atoms. The lowest BCUT2D eigenvalue weighted by atomic mass is 10.1. The monoisotopic (exact) mass is 322 g/mol. The third-order valence-electron chi connectivity index (χ3n) is 3.97. The predicted octanol–water partition coefficient (Wildman–Crippen LogP) is 3.93. The van der Waals surface area contributed by atoms with Gasteiger partial charge in [-0.1, -0.05) is 37.3 Å². The predicted molar refractivity (Wildman–Crippen MR) is 92.9 cm³/mol. The van der Waals surface area contributed by atoms with Crippen molar-refractivity contribution >= 4 is 16.8 Å². The van der Waals surface area contributed by atoms with Gasteiger partial charge in [-0.05, 0) is 36.6 Å². The fourth-order valence-corrected chi connectivity index (χ4v) is 2.65. The molecule has 0 N–H and O–H groups in total. The summed E-state index contributed by atoms with van der Waals surface area (Å²) >= 11 is 0. The van der Waals surface area contributed by atoms with Crippen LogP contribution in [0.25, 0.3) is 11.0 Å². The van der Waals surface area contributed by atoms with Gasteiger partial charge in [0.2, 0.25) is 0 Å². The van der Waals surface area contributed by atoms with E-state index in [2.05, 4.69) is 0 Å². The van der Waals surface area contributed by atoms with Crippen LogP contribution >= 0.6 is 0 Å². The number of Topliss-reactive ketones (excluding diaryl/α,β-unsaturated/α-hetero) is 1. The molecule has 0 spiro atoms. The van der Waals surface area contributed by atoms with Crippen molar-refractivity contribution in [3.05, 3.63) is 75.6 Å². The van der Waals surface area contributed by atoms with Crippen molar-refractivity contribution in [2.45, 2.75) is 20.3 Å². The van der Waals surface area contributed by atoms with Gasteiger partial charge in [0.05, 0.1) is 0 Å². The lowest BCUT2D eigenvalue weighted by Gasteiger charge is -2.12. The molecular weight excluding hydrogens is 304 g/mol. The van der Waals surface area contributed by atoms with Crippen LogP contribution in [0, 0.1) is 6.92 Å². The zero-order chi connectivity index (χ0) is 17.1. The number of carbonyl (C=O) groups is 1. The molecule has 2 aromatic carbocycles. The number of hydrogen-bond donors (Lipinski definition) is 0. The molecule has 1 aromatic heterocycles. The maximum absolute atomic E-state index is 12.2. The normalized spacial score (nSPS) is 10.8. The van der Waals surface area contributed by atoms with Crippen LogP contribution in [0.15, 0.2) is 57.7 Å². The molecule has 4 nitrogen and oxygen atoms in total. The van der Waals surface area contributed by atoms with Crippen molar-refractivity contribution < 1.29 is 13.9 Å². The Balaban J connectivity index is 1.91. The average Bonchev–Trinajstić information content (AvgIpc) is 2.59. The second kappa shape index (κ2) is 6.71. The first-order valence-electron chi connectivity index (χ1n) is 7.87. The fourth-order valence-electron chi connectivity index (χ4n) is 2.65. The Morgan fingerprint density at radius 2 is 1.88 bits per heavy atom. The summed E-state index contributed by atoms with van der Waals surface area (Å²) in [5.41, 5.74) is 2.52. The molecule has 0 bridgehead atoms. The Labute approximate surface area is 139 Å². The summed E-state index contributed by atoms with van der Waals surface area (Å²) in [4.78, 5) is 23.7. The first-order valence-corrected chi connectivity index (χ1v) is 7.87. The summed E-state index contributed by atoms with van der Waals surface area (Å²) in [6.07, 6.45) is 0.711. The molecule has 1 heterocycles. The highest BCUT2D eigenvalue weighted by atomic mass is 16.5. The molecule has 0 aliphatic rings. The van der Waals surface area contributed by atoms with Gasteiger partial charge in [-0.3, -0.25) is 4.79 Å². The van der Waals surface area contributed by atoms with Crippen LogP contribution in [0.1, 0.15) is 28.4 Å². The number of rotatable bonds is 5. The van der Waals surface area contributed by atoms with E-state index in [0.717, 1.165) is 16.5 Å². The van der Waals surface area contributed by atoms with Crippen molar-refractivity contribution in [3.63, 3.8) is 0 Å². The zero-order valence-electron chi connectivity index (χ0n) is 13.7. The van der Waals surface area contributed by atoms with E-state index in [1.54, 1.807) is 12.1 Å². The van der Waals surface area contributed by atoms with Crippen LogP contribution < -0.4 is 10.4 Å². The lowest BCUT2D eigenvalue weighted by Crippen LogP contribution is -2.12. The smallest absolute Gasteiger partial charge is 0.336 e. The number of fused-ring (bicyclic) bond motifs is 1. The molecule has 0 saturated heterocycles. The Morgan fingerprint density at radius 3 is 2.58 bits per heavy atom. The van der Waals surface area contributed by atoms with Gasteiger partial charge in [0, 0.05) is 17.0 Å². The number of aryl methyl sites for hydroxylation is 2. The number of carbonyl (C=O) groups excluding carboxylic acids is 1. The van der Waals surface area contributed by atoms with Gasteiger partial charge in [-0.25, -0.2) is 4.79 Å². The van der Waals surface area contributed by atoms with Crippen LogP contribution in [0.4, 0.5) is 0 Å². The van der Waals surface area contributed by atoms with Gasteiger partial charge >= 0.3 is 5.63 Å². The summed E-state index contributed by atoms with van der Waals surface area (Å²) in [5.74, 6) is 0.570. The largest absolute Gasteiger partial charge is 0.485 e. The number of benzene rings is 2. The topological polar surface area (TPSA) is 56.5 Å². The highest BCUT2D eigenvalue weighted by Crippen LogP contribution is 2.28. The van der Waals surface area contributed by atoms with Crippen molar-refractivity contribution in [1.82, 2.24) is 0 Å². The molecule has 0 unspecified atom stereocenters. The highest BCUT2D eigenvalue weighted by molar-refractivity contribution is 5.97. The lowest BCUT2D eigenvalue weighted by molar-refractivity contribution is 0.0921. The van der Waals surface area contributed by atoms with Crippen molar-refractivity contribution in [2.75, 3.05) is 6.61 Å². The van der Waals surface area contributed by atoms with E-state index in [-0.39, 0.29) is 18.0 Å². The first kappa shape index (κ1) is 16.0. The maximum atomic E-state index is 12.2.